The van der Waals surface area contributed by atoms with Crippen LogP contribution in [-0.4, -0.2) is 52.9 Å². The zero-order valence-corrected chi connectivity index (χ0v) is 19.2. The molecule has 2 heterocycles. The molecule has 1 aromatic heterocycles. The zero-order chi connectivity index (χ0) is 21.6. The molecule has 4 nitrogen and oxygen atoms in total. The van der Waals surface area contributed by atoms with Crippen molar-refractivity contribution in [3.05, 3.63) is 65.0 Å². The summed E-state index contributed by atoms with van der Waals surface area (Å²) in [6, 6.07) is 13.0. The molecule has 2 fully saturated rings. The predicted molar refractivity (Wildman–Crippen MR) is 126 cm³/mol. The second-order valence-electron chi connectivity index (χ2n) is 9.55. The number of aromatic nitrogens is 1. The molecule has 0 atom stereocenters. The maximum absolute atomic E-state index is 13.3. The molecule has 1 saturated heterocycles. The van der Waals surface area contributed by atoms with Gasteiger partial charge in [-0.3, -0.25) is 9.78 Å². The topological polar surface area (TPSA) is 36.4 Å². The Kier molecular flexibility index (Phi) is 7.39. The number of hydrogen-bond donors (Lipinski definition) is 0. The van der Waals surface area contributed by atoms with Gasteiger partial charge in [0.25, 0.3) is 5.91 Å². The van der Waals surface area contributed by atoms with Gasteiger partial charge in [0, 0.05) is 31.0 Å². The first-order valence-electron chi connectivity index (χ1n) is 12.1. The number of aryl methyl sites for hydroxylation is 2. The Hall–Kier alpha value is -2.20. The van der Waals surface area contributed by atoms with E-state index in [1.54, 1.807) is 6.20 Å². The molecule has 4 rings (SSSR count). The largest absolute Gasteiger partial charge is 0.335 e. The van der Waals surface area contributed by atoms with Crippen molar-refractivity contribution in [3.8, 4) is 0 Å². The molecule has 0 N–H and O–H groups in total. The summed E-state index contributed by atoms with van der Waals surface area (Å²) in [5.74, 6) is 0.791. The van der Waals surface area contributed by atoms with Gasteiger partial charge in [0.2, 0.25) is 0 Å². The van der Waals surface area contributed by atoms with Crippen LogP contribution in [0.3, 0.4) is 0 Å². The lowest BCUT2D eigenvalue weighted by Gasteiger charge is -2.37. The normalized spacial score (nSPS) is 18.4. The molecule has 4 heteroatoms. The number of amides is 1. The summed E-state index contributed by atoms with van der Waals surface area (Å²) in [7, 11) is 0. The lowest BCUT2D eigenvalue weighted by atomic mass is 9.94. The molecule has 0 radical (unpaired) electrons. The monoisotopic (exact) mass is 419 g/mol. The van der Waals surface area contributed by atoms with Gasteiger partial charge in [-0.2, -0.15) is 0 Å². The fourth-order valence-electron chi connectivity index (χ4n) is 5.21. The van der Waals surface area contributed by atoms with Crippen molar-refractivity contribution < 1.29 is 4.79 Å². The summed E-state index contributed by atoms with van der Waals surface area (Å²) in [4.78, 5) is 22.5. The number of piperidine rings is 1. The number of carbonyl (C=O) groups excluding carboxylic acids is 1. The maximum atomic E-state index is 13.3. The highest BCUT2D eigenvalue weighted by molar-refractivity contribution is 5.94. The van der Waals surface area contributed by atoms with Crippen molar-refractivity contribution in [3.63, 3.8) is 0 Å². The molecular weight excluding hydrogens is 382 g/mol. The van der Waals surface area contributed by atoms with Crippen LogP contribution < -0.4 is 0 Å². The zero-order valence-electron chi connectivity index (χ0n) is 19.2. The minimum absolute atomic E-state index is 0.182. The number of rotatable bonds is 7. The third-order valence-corrected chi connectivity index (χ3v) is 7.31. The Morgan fingerprint density at radius 3 is 2.45 bits per heavy atom. The van der Waals surface area contributed by atoms with E-state index >= 15 is 0 Å². The first-order chi connectivity index (χ1) is 15.1. The highest BCUT2D eigenvalue weighted by atomic mass is 16.2. The van der Waals surface area contributed by atoms with Crippen LogP contribution in [0.15, 0.2) is 42.6 Å². The van der Waals surface area contributed by atoms with Crippen LogP contribution in [0.25, 0.3) is 0 Å². The fraction of sp³-hybridized carbons (Fsp3) is 0.556. The van der Waals surface area contributed by atoms with Gasteiger partial charge in [-0.05, 0) is 88.2 Å². The van der Waals surface area contributed by atoms with Crippen LogP contribution in [-0.2, 0) is 6.42 Å². The molecule has 166 valence electrons. The fourth-order valence-corrected chi connectivity index (χ4v) is 5.21. The van der Waals surface area contributed by atoms with Crippen molar-refractivity contribution in [1.82, 2.24) is 14.8 Å². The van der Waals surface area contributed by atoms with E-state index in [1.807, 2.05) is 19.1 Å². The van der Waals surface area contributed by atoms with Gasteiger partial charge in [0.1, 0.15) is 0 Å². The molecule has 1 saturated carbocycles. The molecule has 1 aliphatic heterocycles. The Morgan fingerprint density at radius 1 is 1.03 bits per heavy atom. The number of pyridine rings is 1. The summed E-state index contributed by atoms with van der Waals surface area (Å²) in [6.45, 7) is 8.52. The van der Waals surface area contributed by atoms with Gasteiger partial charge >= 0.3 is 0 Å². The van der Waals surface area contributed by atoms with Crippen LogP contribution in [0.1, 0.15) is 65.7 Å². The van der Waals surface area contributed by atoms with E-state index in [0.717, 1.165) is 56.7 Å². The highest BCUT2D eigenvalue weighted by Gasteiger charge is 2.31. The van der Waals surface area contributed by atoms with E-state index in [1.165, 1.54) is 36.8 Å². The molecule has 1 aromatic carbocycles. The third kappa shape index (κ3) is 5.74. The van der Waals surface area contributed by atoms with Crippen molar-refractivity contribution in [2.24, 2.45) is 5.92 Å². The summed E-state index contributed by atoms with van der Waals surface area (Å²) < 4.78 is 0. The molecule has 1 amide bonds. The predicted octanol–water partition coefficient (Wildman–Crippen LogP) is 5.04. The van der Waals surface area contributed by atoms with Crippen molar-refractivity contribution in [2.45, 2.75) is 64.8 Å². The number of carbonyl (C=O) groups is 1. The molecular formula is C27H37N3O. The van der Waals surface area contributed by atoms with Crippen molar-refractivity contribution >= 4 is 5.91 Å². The average molecular weight is 420 g/mol. The quantitative estimate of drug-likeness (QED) is 0.631. The van der Waals surface area contributed by atoms with Crippen LogP contribution in [0.4, 0.5) is 0 Å². The Labute approximate surface area is 187 Å². The minimum Gasteiger partial charge on any atom is -0.335 e. The van der Waals surface area contributed by atoms with Gasteiger partial charge in [0.05, 0.1) is 5.56 Å². The van der Waals surface area contributed by atoms with Crippen LogP contribution in [0.5, 0.6) is 0 Å². The van der Waals surface area contributed by atoms with Crippen LogP contribution in [0.2, 0.25) is 0 Å². The van der Waals surface area contributed by atoms with E-state index in [9.17, 15) is 4.79 Å². The first-order valence-corrected chi connectivity index (χ1v) is 12.1. The van der Waals surface area contributed by atoms with E-state index in [0.29, 0.717) is 12.0 Å². The standard InChI is InChI=1S/C27H37N3O/c1-21-7-3-4-8-24(21)15-18-29-16-13-23(14-17-29)20-30(26-9-5-6-10-26)27(31)25-12-11-22(2)28-19-25/h3-4,7-8,11-12,19,23,26H,5-6,9-10,13-18,20H2,1-2H3. The van der Waals surface area contributed by atoms with Gasteiger partial charge in [-0.1, -0.05) is 37.1 Å². The smallest absolute Gasteiger partial charge is 0.255 e. The third-order valence-electron chi connectivity index (χ3n) is 7.31. The van der Waals surface area contributed by atoms with Gasteiger partial charge in [0.15, 0.2) is 0 Å². The van der Waals surface area contributed by atoms with Gasteiger partial charge in [-0.25, -0.2) is 0 Å². The molecule has 1 aliphatic carbocycles. The molecule has 0 spiro atoms. The number of nitrogens with zero attached hydrogens (tertiary/aromatic N) is 3. The number of hydrogen-bond acceptors (Lipinski definition) is 3. The summed E-state index contributed by atoms with van der Waals surface area (Å²) in [5, 5.41) is 0. The summed E-state index contributed by atoms with van der Waals surface area (Å²) >= 11 is 0. The molecule has 0 bridgehead atoms. The molecule has 2 aromatic rings. The van der Waals surface area contributed by atoms with Crippen LogP contribution >= 0.6 is 0 Å². The van der Waals surface area contributed by atoms with Gasteiger partial charge < -0.3 is 9.80 Å². The van der Waals surface area contributed by atoms with Gasteiger partial charge in [-0.15, -0.1) is 0 Å². The molecule has 0 unspecified atom stereocenters. The Morgan fingerprint density at radius 2 is 1.77 bits per heavy atom. The summed E-state index contributed by atoms with van der Waals surface area (Å²) in [6.07, 6.45) is 10.1. The van der Waals surface area contributed by atoms with E-state index in [-0.39, 0.29) is 5.91 Å². The van der Waals surface area contributed by atoms with Crippen LogP contribution in [0, 0.1) is 19.8 Å². The van der Waals surface area contributed by atoms with Crippen molar-refractivity contribution in [1.29, 1.82) is 0 Å². The minimum atomic E-state index is 0.182. The highest BCUT2D eigenvalue weighted by Crippen LogP contribution is 2.28. The van der Waals surface area contributed by atoms with E-state index < -0.39 is 0 Å². The second-order valence-corrected chi connectivity index (χ2v) is 9.55. The first kappa shape index (κ1) is 22.0. The summed E-state index contributed by atoms with van der Waals surface area (Å²) in [5.41, 5.74) is 4.57. The maximum Gasteiger partial charge on any atom is 0.255 e. The SMILES string of the molecule is Cc1ccc(C(=O)N(CC2CCN(CCc3ccccc3C)CC2)C2CCCC2)cn1. The molecule has 2 aliphatic rings. The van der Waals surface area contributed by atoms with E-state index in [2.05, 4.69) is 46.0 Å². The van der Waals surface area contributed by atoms with Crippen molar-refractivity contribution in [2.75, 3.05) is 26.2 Å². The Balaban J connectivity index is 1.32. The number of likely N-dealkylation sites (tertiary alicyclic amines) is 1. The number of benzene rings is 1. The Bertz CT molecular complexity index is 849. The lowest BCUT2D eigenvalue weighted by Crippen LogP contribution is -2.45. The van der Waals surface area contributed by atoms with E-state index in [4.69, 9.17) is 0 Å². The molecule has 31 heavy (non-hydrogen) atoms. The lowest BCUT2D eigenvalue weighted by molar-refractivity contribution is 0.0598. The average Bonchev–Trinajstić information content (AvgIpc) is 3.32. The second kappa shape index (κ2) is 10.4.